The van der Waals surface area contributed by atoms with Crippen LogP contribution in [-0.2, 0) is 9.84 Å². The monoisotopic (exact) mass is 304 g/mol. The van der Waals surface area contributed by atoms with E-state index in [9.17, 15) is 18.0 Å². The van der Waals surface area contributed by atoms with Gasteiger partial charge in [-0.2, -0.15) is 0 Å². The molecule has 0 amide bonds. The molecule has 108 valence electrons. The lowest BCUT2D eigenvalue weighted by molar-refractivity contribution is 0.111. The predicted octanol–water partition coefficient (Wildman–Crippen LogP) is 1.31. The highest BCUT2D eigenvalue weighted by Crippen LogP contribution is 2.25. The summed E-state index contributed by atoms with van der Waals surface area (Å²) in [5, 5.41) is 0. The van der Waals surface area contributed by atoms with Gasteiger partial charge in [-0.05, 0) is 36.4 Å². The number of carbonyl (C=O) groups is 2. The van der Waals surface area contributed by atoms with Gasteiger partial charge in [0.1, 0.15) is 0 Å². The van der Waals surface area contributed by atoms with E-state index in [4.69, 9.17) is 11.5 Å². The number of nitrogens with two attached hydrogens (primary N) is 2. The van der Waals surface area contributed by atoms with Gasteiger partial charge < -0.3 is 11.5 Å². The maximum absolute atomic E-state index is 12.5. The van der Waals surface area contributed by atoms with Crippen molar-refractivity contribution in [3.8, 4) is 0 Å². The van der Waals surface area contributed by atoms with E-state index in [2.05, 4.69) is 0 Å². The Bertz CT molecular complexity index is 765. The Kier molecular flexibility index (Phi) is 3.77. The van der Waals surface area contributed by atoms with E-state index in [1.807, 2.05) is 0 Å². The molecule has 0 heterocycles. The summed E-state index contributed by atoms with van der Waals surface area (Å²) >= 11 is 0. The predicted molar refractivity (Wildman–Crippen MR) is 77.9 cm³/mol. The van der Waals surface area contributed by atoms with Crippen molar-refractivity contribution in [3.05, 3.63) is 47.5 Å². The number of hydrogen-bond acceptors (Lipinski definition) is 6. The van der Waals surface area contributed by atoms with Gasteiger partial charge in [0.25, 0.3) is 0 Å². The van der Waals surface area contributed by atoms with E-state index < -0.39 is 9.84 Å². The molecule has 0 saturated carbocycles. The molecule has 0 atom stereocenters. The number of benzene rings is 2. The lowest BCUT2D eigenvalue weighted by atomic mass is 10.2. The van der Waals surface area contributed by atoms with Crippen molar-refractivity contribution in [1.82, 2.24) is 0 Å². The molecule has 2 aromatic carbocycles. The fraction of sp³-hybridized carbons (Fsp3) is 0. The van der Waals surface area contributed by atoms with Crippen LogP contribution >= 0.6 is 0 Å². The van der Waals surface area contributed by atoms with Crippen LogP contribution in [-0.4, -0.2) is 21.0 Å². The lowest BCUT2D eigenvalue weighted by Gasteiger charge is -2.08. The Hall–Kier alpha value is -2.67. The molecule has 4 N–H and O–H groups in total. The lowest BCUT2D eigenvalue weighted by Crippen LogP contribution is -2.05. The van der Waals surface area contributed by atoms with Gasteiger partial charge in [0, 0.05) is 22.5 Å². The maximum Gasteiger partial charge on any atom is 0.206 e. The van der Waals surface area contributed by atoms with Crippen molar-refractivity contribution in [2.24, 2.45) is 0 Å². The second-order valence-corrected chi connectivity index (χ2v) is 6.27. The van der Waals surface area contributed by atoms with Crippen molar-refractivity contribution in [2.75, 3.05) is 11.5 Å². The van der Waals surface area contributed by atoms with Crippen LogP contribution in [0.2, 0.25) is 0 Å². The van der Waals surface area contributed by atoms with Gasteiger partial charge in [-0.1, -0.05) is 0 Å². The second kappa shape index (κ2) is 5.37. The minimum atomic E-state index is -3.87. The first-order chi connectivity index (χ1) is 9.90. The van der Waals surface area contributed by atoms with E-state index in [0.717, 1.165) is 0 Å². The SMILES string of the molecule is Nc1ccc(S(=O)(=O)c2ccc(N)c(C=O)c2)cc1C=O. The van der Waals surface area contributed by atoms with Gasteiger partial charge in [-0.25, -0.2) is 8.42 Å². The fourth-order valence-corrected chi connectivity index (χ4v) is 3.11. The largest absolute Gasteiger partial charge is 0.398 e. The van der Waals surface area contributed by atoms with Crippen LogP contribution in [0.5, 0.6) is 0 Å². The Labute approximate surface area is 121 Å². The zero-order chi connectivity index (χ0) is 15.6. The van der Waals surface area contributed by atoms with Crippen molar-refractivity contribution in [3.63, 3.8) is 0 Å². The van der Waals surface area contributed by atoms with Gasteiger partial charge in [-0.15, -0.1) is 0 Å². The topological polar surface area (TPSA) is 120 Å². The van der Waals surface area contributed by atoms with E-state index in [1.165, 1.54) is 36.4 Å². The number of nitrogen functional groups attached to an aromatic ring is 2. The Balaban J connectivity index is 2.62. The van der Waals surface area contributed by atoms with Gasteiger partial charge >= 0.3 is 0 Å². The average Bonchev–Trinajstić information content (AvgIpc) is 2.47. The molecule has 6 nitrogen and oxygen atoms in total. The Morgan fingerprint density at radius 1 is 0.762 bits per heavy atom. The van der Waals surface area contributed by atoms with Crippen LogP contribution in [0.3, 0.4) is 0 Å². The van der Waals surface area contributed by atoms with Crippen LogP contribution in [0.1, 0.15) is 20.7 Å². The second-order valence-electron chi connectivity index (χ2n) is 4.32. The van der Waals surface area contributed by atoms with Crippen LogP contribution < -0.4 is 11.5 Å². The zero-order valence-corrected chi connectivity index (χ0v) is 11.6. The maximum atomic E-state index is 12.5. The average molecular weight is 304 g/mol. The molecule has 0 aromatic heterocycles. The van der Waals surface area contributed by atoms with Crippen molar-refractivity contribution in [2.45, 2.75) is 9.79 Å². The Morgan fingerprint density at radius 3 is 1.48 bits per heavy atom. The molecule has 2 rings (SSSR count). The van der Waals surface area contributed by atoms with Crippen molar-refractivity contribution >= 4 is 33.8 Å². The molecule has 0 aliphatic rings. The summed E-state index contributed by atoms with van der Waals surface area (Å²) in [4.78, 5) is 21.5. The molecule has 0 aliphatic heterocycles. The first-order valence-electron chi connectivity index (χ1n) is 5.84. The minimum absolute atomic E-state index is 0.0829. The highest BCUT2D eigenvalue weighted by atomic mass is 32.2. The molecule has 7 heteroatoms. The van der Waals surface area contributed by atoms with Crippen LogP contribution in [0.4, 0.5) is 11.4 Å². The van der Waals surface area contributed by atoms with E-state index >= 15 is 0 Å². The normalized spacial score (nSPS) is 11.0. The fourth-order valence-electron chi connectivity index (χ4n) is 1.78. The van der Waals surface area contributed by atoms with E-state index in [1.54, 1.807) is 0 Å². The van der Waals surface area contributed by atoms with Gasteiger partial charge in [-0.3, -0.25) is 9.59 Å². The van der Waals surface area contributed by atoms with Crippen molar-refractivity contribution < 1.29 is 18.0 Å². The summed E-state index contributed by atoms with van der Waals surface area (Å²) in [6.45, 7) is 0. The molecule has 0 fully saturated rings. The molecule has 0 unspecified atom stereocenters. The number of rotatable bonds is 4. The summed E-state index contributed by atoms with van der Waals surface area (Å²) in [6.07, 6.45) is 0.961. The Morgan fingerprint density at radius 2 is 1.14 bits per heavy atom. The van der Waals surface area contributed by atoms with E-state index in [0.29, 0.717) is 12.6 Å². The summed E-state index contributed by atoms with van der Waals surface area (Å²) in [7, 11) is -3.87. The third-order valence-electron chi connectivity index (χ3n) is 2.99. The molecule has 0 bridgehead atoms. The van der Waals surface area contributed by atoms with E-state index in [-0.39, 0.29) is 32.3 Å². The standard InChI is InChI=1S/C14H12N2O4S/c15-13-3-1-11(5-9(13)7-17)21(19,20)12-2-4-14(16)10(6-12)8-18/h1-8H,15-16H2. The van der Waals surface area contributed by atoms with Crippen LogP contribution in [0.15, 0.2) is 46.2 Å². The quantitative estimate of drug-likeness (QED) is 0.649. The third kappa shape index (κ3) is 2.63. The zero-order valence-electron chi connectivity index (χ0n) is 10.8. The third-order valence-corrected chi connectivity index (χ3v) is 4.74. The number of carbonyl (C=O) groups excluding carboxylic acids is 2. The van der Waals surface area contributed by atoms with Gasteiger partial charge in [0.2, 0.25) is 9.84 Å². The number of anilines is 2. The highest BCUT2D eigenvalue weighted by molar-refractivity contribution is 7.91. The smallest absolute Gasteiger partial charge is 0.206 e. The molecule has 2 aromatic rings. The molecule has 0 saturated heterocycles. The minimum Gasteiger partial charge on any atom is -0.398 e. The summed E-state index contributed by atoms with van der Waals surface area (Å²) in [5.74, 6) is 0. The summed E-state index contributed by atoms with van der Waals surface area (Å²) in [6, 6.07) is 7.66. The van der Waals surface area contributed by atoms with Crippen LogP contribution in [0, 0.1) is 0 Å². The molecular weight excluding hydrogens is 292 g/mol. The molecule has 21 heavy (non-hydrogen) atoms. The first-order valence-corrected chi connectivity index (χ1v) is 7.33. The van der Waals surface area contributed by atoms with Crippen molar-refractivity contribution in [1.29, 1.82) is 0 Å². The number of hydrogen-bond donors (Lipinski definition) is 2. The number of aldehydes is 2. The van der Waals surface area contributed by atoms with Crippen LogP contribution in [0.25, 0.3) is 0 Å². The first kappa shape index (κ1) is 14.7. The summed E-state index contributed by atoms with van der Waals surface area (Å²) in [5.41, 5.74) is 11.7. The highest BCUT2D eigenvalue weighted by Gasteiger charge is 2.19. The molecule has 0 spiro atoms. The molecule has 0 radical (unpaired) electrons. The summed E-state index contributed by atoms with van der Waals surface area (Å²) < 4.78 is 25.0. The van der Waals surface area contributed by atoms with Gasteiger partial charge in [0.05, 0.1) is 9.79 Å². The number of sulfone groups is 1. The van der Waals surface area contributed by atoms with Gasteiger partial charge in [0.15, 0.2) is 12.6 Å². The molecule has 0 aliphatic carbocycles. The molecular formula is C14H12N2O4S.